The molecule has 0 bridgehead atoms. The Labute approximate surface area is 117 Å². The third-order valence-corrected chi connectivity index (χ3v) is 3.24. The number of rotatable bonds is 5. The van der Waals surface area contributed by atoms with Gasteiger partial charge in [0.25, 0.3) is 0 Å². The normalized spacial score (nSPS) is 10.7. The highest BCUT2D eigenvalue weighted by molar-refractivity contribution is 5.43. The van der Waals surface area contributed by atoms with Gasteiger partial charge in [0.15, 0.2) is 0 Å². The van der Waals surface area contributed by atoms with E-state index in [1.54, 1.807) is 4.68 Å². The molecule has 1 heterocycles. The maximum absolute atomic E-state index is 11.2. The van der Waals surface area contributed by atoms with E-state index in [0.717, 1.165) is 5.56 Å². The summed E-state index contributed by atoms with van der Waals surface area (Å²) in [4.78, 5) is 10.9. The van der Waals surface area contributed by atoms with Crippen LogP contribution < -0.4 is 5.73 Å². The molecule has 106 valence electrons. The minimum atomic E-state index is -0.333. The van der Waals surface area contributed by atoms with Gasteiger partial charge < -0.3 is 5.73 Å². The minimum Gasteiger partial charge on any atom is -0.399 e. The Bertz CT molecular complexity index is 634. The molecule has 0 aliphatic rings. The van der Waals surface area contributed by atoms with Crippen molar-refractivity contribution in [2.45, 2.75) is 33.2 Å². The van der Waals surface area contributed by atoms with Crippen LogP contribution in [-0.2, 0) is 19.4 Å². The molecule has 0 fully saturated rings. The second-order valence-electron chi connectivity index (χ2n) is 4.61. The number of nitrogens with zero attached hydrogens (tertiary/aromatic N) is 3. The van der Waals surface area contributed by atoms with E-state index in [0.29, 0.717) is 36.5 Å². The predicted molar refractivity (Wildman–Crippen MR) is 77.6 cm³/mol. The van der Waals surface area contributed by atoms with E-state index in [2.05, 4.69) is 5.10 Å². The first kappa shape index (κ1) is 14.0. The lowest BCUT2D eigenvalue weighted by Gasteiger charge is -2.06. The summed E-state index contributed by atoms with van der Waals surface area (Å²) in [5.41, 5.74) is 8.77. The molecule has 2 N–H and O–H groups in total. The van der Waals surface area contributed by atoms with Crippen LogP contribution in [0.2, 0.25) is 0 Å². The van der Waals surface area contributed by atoms with Crippen LogP contribution >= 0.6 is 0 Å². The third-order valence-electron chi connectivity index (χ3n) is 3.24. The maximum Gasteiger partial charge on any atom is 0.313 e. The highest BCUT2D eigenvalue weighted by Gasteiger charge is 2.25. The summed E-state index contributed by atoms with van der Waals surface area (Å²) in [7, 11) is 0. The van der Waals surface area contributed by atoms with Crippen LogP contribution in [0.5, 0.6) is 0 Å². The molecule has 0 radical (unpaired) electrons. The van der Waals surface area contributed by atoms with Crippen LogP contribution in [0.15, 0.2) is 24.3 Å². The zero-order chi connectivity index (χ0) is 14.7. The van der Waals surface area contributed by atoms with Crippen LogP contribution in [0, 0.1) is 10.1 Å². The largest absolute Gasteiger partial charge is 0.399 e. The van der Waals surface area contributed by atoms with E-state index < -0.39 is 0 Å². The highest BCUT2D eigenvalue weighted by atomic mass is 16.6. The van der Waals surface area contributed by atoms with Gasteiger partial charge >= 0.3 is 5.69 Å². The van der Waals surface area contributed by atoms with Crippen LogP contribution in [0.1, 0.15) is 30.8 Å². The lowest BCUT2D eigenvalue weighted by atomic mass is 10.2. The van der Waals surface area contributed by atoms with Gasteiger partial charge in [-0.3, -0.25) is 14.8 Å². The molecule has 0 aliphatic heterocycles. The highest BCUT2D eigenvalue weighted by Crippen LogP contribution is 2.25. The minimum absolute atomic E-state index is 0.152. The van der Waals surface area contributed by atoms with E-state index in [1.165, 1.54) is 0 Å². The quantitative estimate of drug-likeness (QED) is 0.515. The van der Waals surface area contributed by atoms with Gasteiger partial charge in [0, 0.05) is 5.69 Å². The first-order valence-electron chi connectivity index (χ1n) is 6.64. The fourth-order valence-corrected chi connectivity index (χ4v) is 2.34. The number of benzene rings is 1. The van der Waals surface area contributed by atoms with Crippen molar-refractivity contribution in [3.63, 3.8) is 0 Å². The van der Waals surface area contributed by atoms with Gasteiger partial charge in [0.05, 0.1) is 11.5 Å². The Balaban J connectivity index is 2.44. The number of aromatic nitrogens is 2. The smallest absolute Gasteiger partial charge is 0.313 e. The average Bonchev–Trinajstić information content (AvgIpc) is 2.76. The molecule has 2 aromatic rings. The van der Waals surface area contributed by atoms with Crippen LogP contribution in [0.4, 0.5) is 11.4 Å². The zero-order valence-electron chi connectivity index (χ0n) is 11.7. The van der Waals surface area contributed by atoms with Crippen molar-refractivity contribution in [3.8, 4) is 0 Å². The average molecular weight is 274 g/mol. The number of hydrogen-bond donors (Lipinski definition) is 1. The molecular formula is C14H18N4O2. The number of nitro groups is 1. The monoisotopic (exact) mass is 274 g/mol. The lowest BCUT2D eigenvalue weighted by Crippen LogP contribution is -2.07. The second-order valence-corrected chi connectivity index (χ2v) is 4.61. The molecule has 0 unspecified atom stereocenters. The van der Waals surface area contributed by atoms with Crippen molar-refractivity contribution >= 4 is 11.4 Å². The summed E-state index contributed by atoms with van der Waals surface area (Å²) >= 11 is 0. The molecule has 0 atom stereocenters. The van der Waals surface area contributed by atoms with E-state index in [4.69, 9.17) is 5.73 Å². The summed E-state index contributed by atoms with van der Waals surface area (Å²) in [6.45, 7) is 4.27. The van der Waals surface area contributed by atoms with Crippen molar-refractivity contribution in [3.05, 3.63) is 51.3 Å². The number of hydrogen-bond acceptors (Lipinski definition) is 4. The molecule has 0 saturated carbocycles. The van der Waals surface area contributed by atoms with E-state index in [1.807, 2.05) is 38.1 Å². The summed E-state index contributed by atoms with van der Waals surface area (Å²) < 4.78 is 1.71. The third kappa shape index (κ3) is 2.64. The summed E-state index contributed by atoms with van der Waals surface area (Å²) in [5.74, 6) is 0. The molecule has 6 nitrogen and oxygen atoms in total. The fraction of sp³-hybridized carbons (Fsp3) is 0.357. The van der Waals surface area contributed by atoms with Gasteiger partial charge in [-0.05, 0) is 30.5 Å². The van der Waals surface area contributed by atoms with E-state index in [-0.39, 0.29) is 10.6 Å². The second kappa shape index (κ2) is 5.73. The number of anilines is 1. The SMILES string of the molecule is CCc1nn(Cc2cccc(N)c2)c(CC)c1[N+](=O)[O-]. The number of nitrogens with two attached hydrogens (primary N) is 1. The molecule has 6 heteroatoms. The topological polar surface area (TPSA) is 87.0 Å². The van der Waals surface area contributed by atoms with Crippen LogP contribution in [0.25, 0.3) is 0 Å². The Morgan fingerprint density at radius 1 is 1.35 bits per heavy atom. The van der Waals surface area contributed by atoms with Gasteiger partial charge in [0.1, 0.15) is 11.4 Å². The molecule has 1 aromatic carbocycles. The molecule has 0 aliphatic carbocycles. The zero-order valence-corrected chi connectivity index (χ0v) is 11.7. The van der Waals surface area contributed by atoms with Crippen molar-refractivity contribution < 1.29 is 4.92 Å². The van der Waals surface area contributed by atoms with Crippen molar-refractivity contribution in [1.82, 2.24) is 9.78 Å². The van der Waals surface area contributed by atoms with E-state index in [9.17, 15) is 10.1 Å². The predicted octanol–water partition coefficient (Wildman–Crippen LogP) is 2.55. The Morgan fingerprint density at radius 2 is 2.10 bits per heavy atom. The van der Waals surface area contributed by atoms with Crippen LogP contribution in [0.3, 0.4) is 0 Å². The molecule has 1 aromatic heterocycles. The van der Waals surface area contributed by atoms with Gasteiger partial charge in [-0.2, -0.15) is 5.10 Å². The van der Waals surface area contributed by atoms with Crippen molar-refractivity contribution in [2.24, 2.45) is 0 Å². The van der Waals surface area contributed by atoms with E-state index >= 15 is 0 Å². The van der Waals surface area contributed by atoms with Gasteiger partial charge in [-0.15, -0.1) is 0 Å². The Hall–Kier alpha value is -2.37. The molecule has 0 saturated heterocycles. The maximum atomic E-state index is 11.2. The molecule has 20 heavy (non-hydrogen) atoms. The standard InChI is InChI=1S/C14H18N4O2/c1-3-12-14(18(19)20)13(4-2)17(16-12)9-10-6-5-7-11(15)8-10/h5-8H,3-4,9,15H2,1-2H3. The summed E-state index contributed by atoms with van der Waals surface area (Å²) in [6.07, 6.45) is 1.12. The van der Waals surface area contributed by atoms with Gasteiger partial charge in [0.2, 0.25) is 0 Å². The van der Waals surface area contributed by atoms with Gasteiger partial charge in [-0.25, -0.2) is 0 Å². The van der Waals surface area contributed by atoms with Crippen LogP contribution in [-0.4, -0.2) is 14.7 Å². The lowest BCUT2D eigenvalue weighted by molar-refractivity contribution is -0.386. The Morgan fingerprint density at radius 3 is 2.65 bits per heavy atom. The van der Waals surface area contributed by atoms with Gasteiger partial charge in [-0.1, -0.05) is 26.0 Å². The first-order chi connectivity index (χ1) is 9.56. The number of aryl methyl sites for hydroxylation is 1. The molecule has 0 amide bonds. The summed E-state index contributed by atoms with van der Waals surface area (Å²) in [5, 5.41) is 15.6. The summed E-state index contributed by atoms with van der Waals surface area (Å²) in [6, 6.07) is 7.48. The Kier molecular flexibility index (Phi) is 4.02. The fourth-order valence-electron chi connectivity index (χ4n) is 2.34. The first-order valence-corrected chi connectivity index (χ1v) is 6.64. The molecule has 2 rings (SSSR count). The molecule has 0 spiro atoms. The number of nitrogen functional groups attached to an aromatic ring is 1. The van der Waals surface area contributed by atoms with Crippen molar-refractivity contribution in [1.29, 1.82) is 0 Å². The molecular weight excluding hydrogens is 256 g/mol. The van der Waals surface area contributed by atoms with Crippen molar-refractivity contribution in [2.75, 3.05) is 5.73 Å².